The molecule has 40 heavy (non-hydrogen) atoms. The van der Waals surface area contributed by atoms with Crippen LogP contribution in [-0.2, 0) is 41.6 Å². The smallest absolute Gasteiger partial charge is 0.356 e. The van der Waals surface area contributed by atoms with Crippen molar-refractivity contribution >= 4 is 46.5 Å². The van der Waals surface area contributed by atoms with E-state index in [4.69, 9.17) is 9.57 Å². The van der Waals surface area contributed by atoms with Gasteiger partial charge in [-0.1, -0.05) is 71.9 Å². The van der Waals surface area contributed by atoms with Crippen molar-refractivity contribution in [2.45, 2.75) is 36.1 Å². The van der Waals surface area contributed by atoms with Crippen molar-refractivity contribution in [3.63, 3.8) is 0 Å². The highest BCUT2D eigenvalue weighted by Gasteiger charge is 2.63. The van der Waals surface area contributed by atoms with Crippen molar-refractivity contribution < 1.29 is 28.5 Å². The van der Waals surface area contributed by atoms with Gasteiger partial charge in [0.2, 0.25) is 11.3 Å². The number of rotatable bonds is 9. The summed E-state index contributed by atoms with van der Waals surface area (Å²) in [4.78, 5) is 46.8. The summed E-state index contributed by atoms with van der Waals surface area (Å²) < 4.78 is 19.6. The Bertz CT molecular complexity index is 1390. The van der Waals surface area contributed by atoms with Crippen LogP contribution in [0.5, 0.6) is 0 Å². The number of amides is 2. The molecule has 11 heteroatoms. The number of nitrogens with one attached hydrogen (secondary N) is 1. The molecule has 1 N–H and O–H groups in total. The van der Waals surface area contributed by atoms with Crippen molar-refractivity contribution in [3.05, 3.63) is 105 Å². The van der Waals surface area contributed by atoms with Gasteiger partial charge < -0.3 is 19.4 Å². The number of oxime groups is 1. The van der Waals surface area contributed by atoms with E-state index < -0.39 is 45.8 Å². The lowest BCUT2D eigenvalue weighted by molar-refractivity contribution is -0.155. The Morgan fingerprint density at radius 1 is 1.10 bits per heavy atom. The highest BCUT2D eigenvalue weighted by molar-refractivity contribution is 7.93. The van der Waals surface area contributed by atoms with E-state index in [1.807, 2.05) is 78.2 Å². The summed E-state index contributed by atoms with van der Waals surface area (Å²) in [6.45, 7) is 1.68. The molecule has 2 amide bonds. The Balaban J connectivity index is 1.47. The molecule has 2 aromatic carbocycles. The molecule has 3 heterocycles. The average Bonchev–Trinajstić information content (AvgIpc) is 3.49. The topological polar surface area (TPSA) is 120 Å². The third-order valence-electron chi connectivity index (χ3n) is 6.73. The lowest BCUT2D eigenvalue weighted by atomic mass is 9.99. The lowest BCUT2D eigenvalue weighted by Crippen LogP contribution is -2.75. The Kier molecular flexibility index (Phi) is 8.34. The molecule has 1 fully saturated rings. The molecule has 3 aromatic rings. The van der Waals surface area contributed by atoms with Gasteiger partial charge in [-0.25, -0.2) is 4.79 Å². The molecule has 5 rings (SSSR count). The van der Waals surface area contributed by atoms with Crippen LogP contribution in [0.4, 0.5) is 0 Å². The van der Waals surface area contributed by atoms with Gasteiger partial charge in [0, 0.05) is 4.88 Å². The second-order valence-corrected chi connectivity index (χ2v) is 12.1. The molecule has 0 bridgehead atoms. The molecule has 1 saturated heterocycles. The van der Waals surface area contributed by atoms with Crippen LogP contribution in [0.2, 0.25) is 0 Å². The van der Waals surface area contributed by atoms with Crippen molar-refractivity contribution in [2.24, 2.45) is 5.16 Å². The molecule has 0 aliphatic carbocycles. The maximum atomic E-state index is 13.9. The standard InChI is InChI=1S/C29H27N3O6S2/c1-18-22(17-30-37-2)25(29(35)38-26(19-10-5-3-6-11-19)20-12-7-4-8-13-20)32-27(34)24(28(32)40(18)36)31-23(33)16-21-14-9-15-39-21/h3-15,17-18,24,26,28H,16H2,1-2H3,(H,31,33)/b30-17+/t18-,24?,28-,40?/m1/s1. The molecular formula is C29H27N3O6S2. The predicted octanol–water partition coefficient (Wildman–Crippen LogP) is 3.31. The van der Waals surface area contributed by atoms with Crippen LogP contribution < -0.4 is 5.32 Å². The van der Waals surface area contributed by atoms with Crippen LogP contribution in [0.3, 0.4) is 0 Å². The number of hydrogen-bond acceptors (Lipinski definition) is 8. The summed E-state index contributed by atoms with van der Waals surface area (Å²) in [5.41, 5.74) is 1.67. The zero-order valence-electron chi connectivity index (χ0n) is 21.8. The van der Waals surface area contributed by atoms with Gasteiger partial charge in [0.25, 0.3) is 5.91 Å². The minimum absolute atomic E-state index is 0.0662. The molecule has 0 radical (unpaired) electrons. The first-order valence-electron chi connectivity index (χ1n) is 12.6. The van der Waals surface area contributed by atoms with Crippen molar-refractivity contribution in [1.82, 2.24) is 10.2 Å². The largest absolute Gasteiger partial charge is 0.614 e. The number of β-lactam (4-membered cyclic amide) rings is 1. The van der Waals surface area contributed by atoms with E-state index in [9.17, 15) is 18.9 Å². The summed E-state index contributed by atoms with van der Waals surface area (Å²) in [5.74, 6) is -1.69. The average molecular weight is 578 g/mol. The second kappa shape index (κ2) is 12.1. The third-order valence-corrected chi connectivity index (χ3v) is 9.52. The summed E-state index contributed by atoms with van der Waals surface area (Å²) >= 11 is -0.222. The normalized spacial score (nSPS) is 22.2. The van der Waals surface area contributed by atoms with Gasteiger partial charge in [-0.15, -0.1) is 11.3 Å². The second-order valence-electron chi connectivity index (χ2n) is 9.20. The van der Waals surface area contributed by atoms with E-state index in [1.165, 1.54) is 29.6 Å². The number of thiophene rings is 1. The van der Waals surface area contributed by atoms with Crippen LogP contribution in [0.15, 0.2) is 94.6 Å². The fourth-order valence-electron chi connectivity index (χ4n) is 4.77. The Morgan fingerprint density at radius 3 is 2.33 bits per heavy atom. The fourth-order valence-corrected chi connectivity index (χ4v) is 7.19. The summed E-state index contributed by atoms with van der Waals surface area (Å²) in [6, 6.07) is 21.1. The maximum absolute atomic E-state index is 13.9. The van der Waals surface area contributed by atoms with Gasteiger partial charge in [0.1, 0.15) is 18.1 Å². The van der Waals surface area contributed by atoms with E-state index in [0.717, 1.165) is 16.0 Å². The van der Waals surface area contributed by atoms with Gasteiger partial charge in [-0.3, -0.25) is 14.5 Å². The molecule has 0 spiro atoms. The molecule has 9 nitrogen and oxygen atoms in total. The minimum atomic E-state index is -1.65. The molecule has 0 saturated carbocycles. The van der Waals surface area contributed by atoms with Crippen molar-refractivity contribution in [3.8, 4) is 0 Å². The van der Waals surface area contributed by atoms with Gasteiger partial charge in [0.15, 0.2) is 12.1 Å². The number of nitrogens with zero attached hydrogens (tertiary/aromatic N) is 2. The predicted molar refractivity (Wildman–Crippen MR) is 152 cm³/mol. The first kappa shape index (κ1) is 27.6. The zero-order chi connectivity index (χ0) is 28.2. The van der Waals surface area contributed by atoms with Crippen LogP contribution >= 0.6 is 11.3 Å². The van der Waals surface area contributed by atoms with Crippen LogP contribution in [0.1, 0.15) is 29.0 Å². The Morgan fingerprint density at radius 2 is 1.75 bits per heavy atom. The van der Waals surface area contributed by atoms with Crippen LogP contribution in [0.25, 0.3) is 0 Å². The molecule has 2 aliphatic rings. The molecule has 2 aliphatic heterocycles. The minimum Gasteiger partial charge on any atom is -0.614 e. The number of hydrogen-bond donors (Lipinski definition) is 1. The van der Waals surface area contributed by atoms with E-state index in [0.29, 0.717) is 0 Å². The van der Waals surface area contributed by atoms with Crippen molar-refractivity contribution in [2.75, 3.05) is 7.11 Å². The SMILES string of the molecule is CO/N=C/C1=C(C(=O)OC(c2ccccc2)c2ccccc2)N2C(=O)C(NC(=O)Cc3cccs3)[C@H]2[S+]([O-])[C@@H]1C. The zero-order valence-corrected chi connectivity index (χ0v) is 23.4. The summed E-state index contributed by atoms with van der Waals surface area (Å²) in [7, 11) is 1.34. The quantitative estimate of drug-likeness (QED) is 0.137. The number of carbonyl (C=O) groups is 3. The van der Waals surface area contributed by atoms with E-state index >= 15 is 0 Å². The number of fused-ring (bicyclic) bond motifs is 1. The van der Waals surface area contributed by atoms with Gasteiger partial charge in [-0.05, 0) is 40.7 Å². The highest BCUT2D eigenvalue weighted by atomic mass is 32.2. The molecule has 4 atom stereocenters. The maximum Gasteiger partial charge on any atom is 0.356 e. The van der Waals surface area contributed by atoms with Crippen LogP contribution in [-0.4, -0.2) is 57.2 Å². The van der Waals surface area contributed by atoms with Gasteiger partial charge >= 0.3 is 5.97 Å². The number of benzene rings is 2. The van der Waals surface area contributed by atoms with Gasteiger partial charge in [0.05, 0.1) is 18.2 Å². The first-order valence-corrected chi connectivity index (χ1v) is 14.7. The number of esters is 1. The number of ether oxygens (including phenoxy) is 1. The summed E-state index contributed by atoms with van der Waals surface area (Å²) in [5, 5.41) is 6.75. The number of carbonyl (C=O) groups excluding carboxylic acids is 3. The monoisotopic (exact) mass is 577 g/mol. The molecule has 2 unspecified atom stereocenters. The lowest BCUT2D eigenvalue weighted by Gasteiger charge is -2.50. The summed E-state index contributed by atoms with van der Waals surface area (Å²) in [6.07, 6.45) is 0.621. The molecular weight excluding hydrogens is 550 g/mol. The third kappa shape index (κ3) is 5.40. The fraction of sp³-hybridized carbons (Fsp3) is 0.241. The van der Waals surface area contributed by atoms with Crippen LogP contribution in [0, 0.1) is 0 Å². The highest BCUT2D eigenvalue weighted by Crippen LogP contribution is 2.41. The van der Waals surface area contributed by atoms with Crippen molar-refractivity contribution in [1.29, 1.82) is 0 Å². The van der Waals surface area contributed by atoms with E-state index in [2.05, 4.69) is 10.5 Å². The Labute approximate surface area is 238 Å². The van der Waals surface area contributed by atoms with E-state index in [-0.39, 0.29) is 23.6 Å². The molecule has 206 valence electrons. The molecule has 1 aromatic heterocycles. The first-order chi connectivity index (χ1) is 19.4. The van der Waals surface area contributed by atoms with E-state index in [1.54, 1.807) is 6.92 Å². The Hall–Kier alpha value is -3.93. The van der Waals surface area contributed by atoms with Gasteiger partial charge in [-0.2, -0.15) is 0 Å².